The van der Waals surface area contributed by atoms with Crippen molar-refractivity contribution < 1.29 is 9.53 Å². The minimum Gasteiger partial charge on any atom is -0.373 e. The van der Waals surface area contributed by atoms with Gasteiger partial charge >= 0.3 is 0 Å². The monoisotopic (exact) mass is 313 g/mol. The van der Waals surface area contributed by atoms with Gasteiger partial charge in [-0.2, -0.15) is 0 Å². The fraction of sp³-hybridized carbons (Fsp3) is 0.667. The zero-order chi connectivity index (χ0) is 14.1. The van der Waals surface area contributed by atoms with Crippen LogP contribution in [-0.2, 0) is 17.6 Å². The maximum absolute atomic E-state index is 12.7. The van der Waals surface area contributed by atoms with Crippen LogP contribution in [0.25, 0.3) is 0 Å². The number of morpholine rings is 1. The summed E-state index contributed by atoms with van der Waals surface area (Å²) in [5.41, 5.74) is 1.39. The lowest BCUT2D eigenvalue weighted by atomic mass is 9.99. The molecular weight excluding hydrogens is 294 g/mol. The van der Waals surface area contributed by atoms with Crippen LogP contribution >= 0.6 is 22.9 Å². The van der Waals surface area contributed by atoms with E-state index in [1.165, 1.54) is 23.3 Å². The van der Waals surface area contributed by atoms with Crippen LogP contribution in [0.3, 0.4) is 0 Å². The van der Waals surface area contributed by atoms with Gasteiger partial charge in [-0.25, -0.2) is 0 Å². The predicted octanol–water partition coefficient (Wildman–Crippen LogP) is 3.10. The Hall–Kier alpha value is -0.580. The molecule has 1 amide bonds. The first-order chi connectivity index (χ1) is 9.69. The summed E-state index contributed by atoms with van der Waals surface area (Å²) in [4.78, 5) is 17.0. The van der Waals surface area contributed by atoms with Crippen molar-refractivity contribution >= 4 is 28.8 Å². The lowest BCUT2D eigenvalue weighted by Gasteiger charge is -2.37. The van der Waals surface area contributed by atoms with E-state index in [1.807, 2.05) is 11.8 Å². The number of carbonyl (C=O) groups excluding carboxylic acids is 1. The Labute approximate surface area is 128 Å². The van der Waals surface area contributed by atoms with Crippen LogP contribution in [0.2, 0.25) is 0 Å². The van der Waals surface area contributed by atoms with E-state index in [0.29, 0.717) is 19.0 Å². The van der Waals surface area contributed by atoms with E-state index < -0.39 is 0 Å². The molecule has 20 heavy (non-hydrogen) atoms. The van der Waals surface area contributed by atoms with Crippen LogP contribution in [0.15, 0.2) is 6.07 Å². The summed E-state index contributed by atoms with van der Waals surface area (Å²) in [5.74, 6) is 0.590. The van der Waals surface area contributed by atoms with Gasteiger partial charge in [-0.3, -0.25) is 4.79 Å². The molecule has 0 spiro atoms. The largest absolute Gasteiger partial charge is 0.373 e. The van der Waals surface area contributed by atoms with Gasteiger partial charge in [0, 0.05) is 11.4 Å². The molecule has 0 saturated carbocycles. The van der Waals surface area contributed by atoms with Gasteiger partial charge in [0.1, 0.15) is 0 Å². The van der Waals surface area contributed by atoms with Gasteiger partial charge in [0.25, 0.3) is 5.91 Å². The number of hydrogen-bond donors (Lipinski definition) is 0. The summed E-state index contributed by atoms with van der Waals surface area (Å²) in [6, 6.07) is 2.24. The third-order valence-electron chi connectivity index (χ3n) is 4.15. The van der Waals surface area contributed by atoms with Crippen molar-refractivity contribution in [3.63, 3.8) is 0 Å². The second kappa shape index (κ2) is 6.04. The molecule has 3 nitrogen and oxygen atoms in total. The molecule has 0 bridgehead atoms. The molecule has 1 fully saturated rings. The number of rotatable bonds is 2. The number of amides is 1. The van der Waals surface area contributed by atoms with Gasteiger partial charge in [0.2, 0.25) is 0 Å². The Morgan fingerprint density at radius 1 is 1.50 bits per heavy atom. The molecule has 1 saturated heterocycles. The number of fused-ring (bicyclic) bond motifs is 1. The molecule has 1 aliphatic carbocycles. The summed E-state index contributed by atoms with van der Waals surface area (Å²) in [6.45, 7) is 3.22. The summed E-state index contributed by atoms with van der Waals surface area (Å²) < 4.78 is 5.61. The SMILES string of the molecule is CC1COC(CCl)CN1C(=O)c1cc2c(s1)CCCC2. The molecule has 2 atom stereocenters. The van der Waals surface area contributed by atoms with Crippen molar-refractivity contribution in [2.45, 2.75) is 44.8 Å². The molecule has 0 N–H and O–H groups in total. The summed E-state index contributed by atoms with van der Waals surface area (Å²) >= 11 is 7.55. The Kier molecular flexibility index (Phi) is 4.34. The van der Waals surface area contributed by atoms with Gasteiger partial charge in [-0.15, -0.1) is 22.9 Å². The van der Waals surface area contributed by atoms with Crippen LogP contribution in [0.1, 0.15) is 39.9 Å². The maximum atomic E-state index is 12.7. The lowest BCUT2D eigenvalue weighted by Crippen LogP contribution is -2.51. The minimum absolute atomic E-state index is 0.0357. The molecule has 5 heteroatoms. The number of ether oxygens (including phenoxy) is 1. The Balaban J connectivity index is 1.78. The summed E-state index contributed by atoms with van der Waals surface area (Å²) in [5, 5.41) is 0. The second-order valence-electron chi connectivity index (χ2n) is 5.68. The minimum atomic E-state index is -0.0357. The molecule has 1 aromatic rings. The van der Waals surface area contributed by atoms with Crippen molar-refractivity contribution in [1.29, 1.82) is 0 Å². The molecule has 0 aromatic carbocycles. The van der Waals surface area contributed by atoms with E-state index in [2.05, 4.69) is 6.07 Å². The zero-order valence-electron chi connectivity index (χ0n) is 11.7. The molecule has 2 unspecified atom stereocenters. The van der Waals surface area contributed by atoms with Crippen molar-refractivity contribution in [2.75, 3.05) is 19.0 Å². The van der Waals surface area contributed by atoms with Gasteiger partial charge in [-0.05, 0) is 44.2 Å². The van der Waals surface area contributed by atoms with Crippen LogP contribution in [-0.4, -0.2) is 42.0 Å². The number of hydrogen-bond acceptors (Lipinski definition) is 3. The number of alkyl halides is 1. The number of nitrogens with zero attached hydrogens (tertiary/aromatic N) is 1. The van der Waals surface area contributed by atoms with Crippen LogP contribution in [0.4, 0.5) is 0 Å². The van der Waals surface area contributed by atoms with Gasteiger partial charge < -0.3 is 9.64 Å². The van der Waals surface area contributed by atoms with E-state index in [4.69, 9.17) is 16.3 Å². The Morgan fingerprint density at radius 2 is 2.30 bits per heavy atom. The Bertz CT molecular complexity index is 479. The third kappa shape index (κ3) is 2.74. The van der Waals surface area contributed by atoms with Crippen molar-refractivity contribution in [2.24, 2.45) is 0 Å². The fourth-order valence-corrected chi connectivity index (χ4v) is 4.33. The number of carbonyl (C=O) groups is 1. The molecular formula is C15H20ClNO2S. The van der Waals surface area contributed by atoms with Crippen molar-refractivity contribution in [3.05, 3.63) is 21.4 Å². The zero-order valence-corrected chi connectivity index (χ0v) is 13.3. The first-order valence-electron chi connectivity index (χ1n) is 7.29. The topological polar surface area (TPSA) is 29.5 Å². The van der Waals surface area contributed by atoms with E-state index in [1.54, 1.807) is 11.3 Å². The number of thiophene rings is 1. The molecule has 110 valence electrons. The number of aryl methyl sites for hydroxylation is 2. The van der Waals surface area contributed by atoms with Gasteiger partial charge in [0.05, 0.1) is 29.5 Å². The smallest absolute Gasteiger partial charge is 0.264 e. The highest BCUT2D eigenvalue weighted by molar-refractivity contribution is 7.14. The molecule has 3 rings (SSSR count). The van der Waals surface area contributed by atoms with Crippen LogP contribution < -0.4 is 0 Å². The molecule has 0 radical (unpaired) electrons. The quantitative estimate of drug-likeness (QED) is 0.785. The average Bonchev–Trinajstić information content (AvgIpc) is 2.91. The first kappa shape index (κ1) is 14.4. The summed E-state index contributed by atoms with van der Waals surface area (Å²) in [6.07, 6.45) is 4.73. The lowest BCUT2D eigenvalue weighted by molar-refractivity contribution is -0.0370. The van der Waals surface area contributed by atoms with E-state index in [-0.39, 0.29) is 18.1 Å². The highest BCUT2D eigenvalue weighted by Crippen LogP contribution is 2.31. The van der Waals surface area contributed by atoms with E-state index >= 15 is 0 Å². The summed E-state index contributed by atoms with van der Waals surface area (Å²) in [7, 11) is 0. The third-order valence-corrected chi connectivity index (χ3v) is 5.72. The maximum Gasteiger partial charge on any atom is 0.264 e. The van der Waals surface area contributed by atoms with Gasteiger partial charge in [0.15, 0.2) is 0 Å². The first-order valence-corrected chi connectivity index (χ1v) is 8.64. The standard InChI is InChI=1S/C15H20ClNO2S/c1-10-9-19-12(7-16)8-17(10)15(18)14-6-11-4-2-3-5-13(11)20-14/h6,10,12H,2-5,7-9H2,1H3. The fourth-order valence-electron chi connectivity index (χ4n) is 2.93. The van der Waals surface area contributed by atoms with E-state index in [9.17, 15) is 4.79 Å². The highest BCUT2D eigenvalue weighted by Gasteiger charge is 2.31. The van der Waals surface area contributed by atoms with Gasteiger partial charge in [-0.1, -0.05) is 0 Å². The highest BCUT2D eigenvalue weighted by atomic mass is 35.5. The number of halogens is 1. The molecule has 2 aliphatic rings. The van der Waals surface area contributed by atoms with Crippen molar-refractivity contribution in [3.8, 4) is 0 Å². The second-order valence-corrected chi connectivity index (χ2v) is 7.13. The predicted molar refractivity (Wildman–Crippen MR) is 81.9 cm³/mol. The normalized spacial score (nSPS) is 26.4. The molecule has 2 heterocycles. The van der Waals surface area contributed by atoms with Crippen LogP contribution in [0, 0.1) is 0 Å². The molecule has 1 aromatic heterocycles. The Morgan fingerprint density at radius 3 is 3.05 bits per heavy atom. The average molecular weight is 314 g/mol. The molecule has 1 aliphatic heterocycles. The van der Waals surface area contributed by atoms with Crippen molar-refractivity contribution in [1.82, 2.24) is 4.90 Å². The van der Waals surface area contributed by atoms with Crippen LogP contribution in [0.5, 0.6) is 0 Å². The van der Waals surface area contributed by atoms with E-state index in [0.717, 1.165) is 17.7 Å².